The predicted octanol–water partition coefficient (Wildman–Crippen LogP) is 5.18. The first-order valence-corrected chi connectivity index (χ1v) is 12.9. The molecule has 0 bridgehead atoms. The van der Waals surface area contributed by atoms with E-state index in [2.05, 4.69) is 5.32 Å². The van der Waals surface area contributed by atoms with Gasteiger partial charge in [-0.25, -0.2) is 4.79 Å². The van der Waals surface area contributed by atoms with E-state index in [0.717, 1.165) is 18.4 Å². The molecule has 0 saturated carbocycles. The van der Waals surface area contributed by atoms with Crippen molar-refractivity contribution >= 4 is 23.6 Å². The van der Waals surface area contributed by atoms with Crippen LogP contribution in [0.15, 0.2) is 48.5 Å². The van der Waals surface area contributed by atoms with Crippen LogP contribution in [0.4, 0.5) is 10.5 Å². The van der Waals surface area contributed by atoms with Crippen molar-refractivity contribution in [3.8, 4) is 5.75 Å². The number of anilines is 1. The summed E-state index contributed by atoms with van der Waals surface area (Å²) in [4.78, 5) is 43.0. The van der Waals surface area contributed by atoms with E-state index in [1.54, 1.807) is 30.0 Å². The Morgan fingerprint density at radius 1 is 1.16 bits per heavy atom. The molecule has 4 rings (SSSR count). The zero-order chi connectivity index (χ0) is 27.0. The van der Waals surface area contributed by atoms with Gasteiger partial charge in [0.25, 0.3) is 11.8 Å². The van der Waals surface area contributed by atoms with Gasteiger partial charge in [0.05, 0.1) is 11.7 Å². The zero-order valence-corrected chi connectivity index (χ0v) is 22.5. The molecule has 0 aliphatic carbocycles. The van der Waals surface area contributed by atoms with Gasteiger partial charge in [-0.1, -0.05) is 30.3 Å². The van der Waals surface area contributed by atoms with Crippen molar-refractivity contribution in [1.82, 2.24) is 9.80 Å². The van der Waals surface area contributed by atoms with Crippen LogP contribution in [0, 0.1) is 0 Å². The van der Waals surface area contributed by atoms with Gasteiger partial charge in [-0.15, -0.1) is 0 Å². The van der Waals surface area contributed by atoms with E-state index in [9.17, 15) is 14.4 Å². The predicted molar refractivity (Wildman–Crippen MR) is 142 cm³/mol. The van der Waals surface area contributed by atoms with E-state index in [1.807, 2.05) is 69.9 Å². The molecule has 8 nitrogen and oxygen atoms in total. The van der Waals surface area contributed by atoms with Gasteiger partial charge < -0.3 is 24.6 Å². The second kappa shape index (κ2) is 10.1. The van der Waals surface area contributed by atoms with E-state index in [4.69, 9.17) is 9.47 Å². The SMILES string of the molecule is CC(C)N(C(=O)c1ccc2c(c1)NC(=O)C(C)(c1ccccc1)O2)[C@@H]1CCCN(C(=O)OC(C)(C)C)C1. The Balaban J connectivity index is 1.54. The second-order valence-corrected chi connectivity index (χ2v) is 11.2. The lowest BCUT2D eigenvalue weighted by molar-refractivity contribution is -0.131. The third kappa shape index (κ3) is 5.58. The number of nitrogens with zero attached hydrogens (tertiary/aromatic N) is 2. The Morgan fingerprint density at radius 2 is 1.86 bits per heavy atom. The van der Waals surface area contributed by atoms with Crippen molar-refractivity contribution in [1.29, 1.82) is 0 Å². The van der Waals surface area contributed by atoms with Crippen LogP contribution in [-0.4, -0.2) is 58.5 Å². The summed E-state index contributed by atoms with van der Waals surface area (Å²) >= 11 is 0. The number of likely N-dealkylation sites (tertiary alicyclic amines) is 1. The summed E-state index contributed by atoms with van der Waals surface area (Å²) in [5, 5.41) is 2.93. The molecule has 37 heavy (non-hydrogen) atoms. The Kier molecular flexibility index (Phi) is 7.22. The number of hydrogen-bond acceptors (Lipinski definition) is 5. The van der Waals surface area contributed by atoms with E-state index >= 15 is 0 Å². The highest BCUT2D eigenvalue weighted by Gasteiger charge is 2.42. The number of benzene rings is 2. The first-order valence-electron chi connectivity index (χ1n) is 12.9. The quantitative estimate of drug-likeness (QED) is 0.616. The third-order valence-corrected chi connectivity index (χ3v) is 6.78. The standard InChI is InChI=1S/C29H37N3O5/c1-19(2)32(22-13-10-16-31(18-22)27(35)37-28(3,4)5)25(33)20-14-15-24-23(17-20)30-26(34)29(6,36-24)21-11-8-7-9-12-21/h7-9,11-12,14-15,17,19,22H,10,13,16,18H2,1-6H3,(H,30,34)/t22-,29?/m1/s1. The lowest BCUT2D eigenvalue weighted by atomic mass is 9.93. The van der Waals surface area contributed by atoms with Crippen LogP contribution < -0.4 is 10.1 Å². The van der Waals surface area contributed by atoms with Crippen molar-refractivity contribution in [3.05, 3.63) is 59.7 Å². The average Bonchev–Trinajstić information content (AvgIpc) is 2.84. The second-order valence-electron chi connectivity index (χ2n) is 11.2. The van der Waals surface area contributed by atoms with Gasteiger partial charge in [0.2, 0.25) is 5.60 Å². The number of nitrogens with one attached hydrogen (secondary N) is 1. The van der Waals surface area contributed by atoms with Crippen LogP contribution in [0.1, 0.15) is 70.3 Å². The van der Waals surface area contributed by atoms with Crippen LogP contribution in [-0.2, 0) is 15.1 Å². The third-order valence-electron chi connectivity index (χ3n) is 6.78. The van der Waals surface area contributed by atoms with Crippen molar-refractivity contribution in [2.75, 3.05) is 18.4 Å². The number of amides is 3. The number of piperidine rings is 1. The molecule has 1 unspecified atom stereocenters. The minimum absolute atomic E-state index is 0.0840. The van der Waals surface area contributed by atoms with E-state index in [-0.39, 0.29) is 30.0 Å². The smallest absolute Gasteiger partial charge is 0.410 e. The molecule has 2 atom stereocenters. The summed E-state index contributed by atoms with van der Waals surface area (Å²) in [5.41, 5.74) is -0.0852. The van der Waals surface area contributed by atoms with Crippen LogP contribution in [0.5, 0.6) is 5.75 Å². The fourth-order valence-corrected chi connectivity index (χ4v) is 4.95. The Hall–Kier alpha value is -3.55. The number of fused-ring (bicyclic) bond motifs is 1. The van der Waals surface area contributed by atoms with E-state index in [1.165, 1.54) is 0 Å². The molecule has 8 heteroatoms. The number of carbonyl (C=O) groups is 3. The van der Waals surface area contributed by atoms with Crippen molar-refractivity contribution in [2.45, 2.75) is 77.7 Å². The molecular weight excluding hydrogens is 470 g/mol. The molecule has 2 aromatic rings. The lowest BCUT2D eigenvalue weighted by Crippen LogP contribution is -2.54. The summed E-state index contributed by atoms with van der Waals surface area (Å²) in [5.74, 6) is 0.0589. The highest BCUT2D eigenvalue weighted by molar-refractivity contribution is 6.03. The summed E-state index contributed by atoms with van der Waals surface area (Å²) in [6, 6.07) is 14.2. The Labute approximate surface area is 218 Å². The van der Waals surface area contributed by atoms with Crippen LogP contribution in [0.3, 0.4) is 0 Å². The molecule has 2 aliphatic heterocycles. The fraction of sp³-hybridized carbons (Fsp3) is 0.483. The zero-order valence-electron chi connectivity index (χ0n) is 22.5. The number of hydrogen-bond donors (Lipinski definition) is 1. The molecule has 2 aromatic carbocycles. The molecule has 0 spiro atoms. The molecule has 198 valence electrons. The lowest BCUT2D eigenvalue weighted by Gasteiger charge is -2.41. The summed E-state index contributed by atoms with van der Waals surface area (Å²) in [6.45, 7) is 12.2. The number of carbonyl (C=O) groups excluding carboxylic acids is 3. The molecular formula is C29H37N3O5. The van der Waals surface area contributed by atoms with Gasteiger partial charge in [0, 0.05) is 30.3 Å². The van der Waals surface area contributed by atoms with Crippen LogP contribution >= 0.6 is 0 Å². The first-order chi connectivity index (χ1) is 17.4. The molecule has 1 N–H and O–H groups in total. The molecule has 0 aromatic heterocycles. The summed E-state index contributed by atoms with van der Waals surface area (Å²) < 4.78 is 11.7. The van der Waals surface area contributed by atoms with E-state index < -0.39 is 11.2 Å². The van der Waals surface area contributed by atoms with Crippen LogP contribution in [0.2, 0.25) is 0 Å². The van der Waals surface area contributed by atoms with Gasteiger partial charge in [0.15, 0.2) is 0 Å². The normalized spacial score (nSPS) is 21.5. The van der Waals surface area contributed by atoms with Gasteiger partial charge in [-0.2, -0.15) is 0 Å². The minimum atomic E-state index is -1.17. The maximum Gasteiger partial charge on any atom is 0.410 e. The first kappa shape index (κ1) is 26.5. The molecule has 3 amide bonds. The summed E-state index contributed by atoms with van der Waals surface area (Å²) in [6.07, 6.45) is 1.22. The van der Waals surface area contributed by atoms with Gasteiger partial charge in [-0.3, -0.25) is 9.59 Å². The highest BCUT2D eigenvalue weighted by atomic mass is 16.6. The maximum absolute atomic E-state index is 13.7. The molecule has 0 radical (unpaired) electrons. The molecule has 1 saturated heterocycles. The number of rotatable bonds is 4. The average molecular weight is 508 g/mol. The Bertz CT molecular complexity index is 1170. The highest BCUT2D eigenvalue weighted by Crippen LogP contribution is 2.39. The van der Waals surface area contributed by atoms with Gasteiger partial charge in [-0.05, 0) is 72.6 Å². The Morgan fingerprint density at radius 3 is 2.51 bits per heavy atom. The molecule has 2 heterocycles. The topological polar surface area (TPSA) is 88.2 Å². The van der Waals surface area contributed by atoms with Crippen LogP contribution in [0.25, 0.3) is 0 Å². The molecule has 2 aliphatic rings. The fourth-order valence-electron chi connectivity index (χ4n) is 4.95. The molecule has 1 fully saturated rings. The van der Waals surface area contributed by atoms with Gasteiger partial charge in [0.1, 0.15) is 11.4 Å². The summed E-state index contributed by atoms with van der Waals surface area (Å²) in [7, 11) is 0. The van der Waals surface area contributed by atoms with Crippen molar-refractivity contribution < 1.29 is 23.9 Å². The van der Waals surface area contributed by atoms with Crippen molar-refractivity contribution in [3.63, 3.8) is 0 Å². The number of ether oxygens (including phenoxy) is 2. The van der Waals surface area contributed by atoms with E-state index in [0.29, 0.717) is 30.1 Å². The van der Waals surface area contributed by atoms with Gasteiger partial charge >= 0.3 is 6.09 Å². The minimum Gasteiger partial charge on any atom is -0.471 e. The maximum atomic E-state index is 13.7. The largest absolute Gasteiger partial charge is 0.471 e. The van der Waals surface area contributed by atoms with Crippen molar-refractivity contribution in [2.24, 2.45) is 0 Å². The monoisotopic (exact) mass is 507 g/mol.